The molecule has 1 saturated carbocycles. The van der Waals surface area contributed by atoms with Crippen LogP contribution in [0.1, 0.15) is 34.8 Å². The topological polar surface area (TPSA) is 77.6 Å². The van der Waals surface area contributed by atoms with Gasteiger partial charge < -0.3 is 5.32 Å². The number of nitrogens with zero attached hydrogens (tertiary/aromatic N) is 5. The number of anilines is 1. The highest BCUT2D eigenvalue weighted by molar-refractivity contribution is 6.01. The van der Waals surface area contributed by atoms with E-state index in [9.17, 15) is 9.18 Å². The zero-order valence-electron chi connectivity index (χ0n) is 14.6. The first-order valence-corrected chi connectivity index (χ1v) is 8.54. The van der Waals surface area contributed by atoms with Gasteiger partial charge in [0.25, 0.3) is 5.91 Å². The molecule has 0 saturated heterocycles. The number of amides is 1. The van der Waals surface area contributed by atoms with Gasteiger partial charge in [-0.2, -0.15) is 5.10 Å². The van der Waals surface area contributed by atoms with E-state index < -0.39 is 5.91 Å². The Bertz CT molecular complexity index is 955. The summed E-state index contributed by atoms with van der Waals surface area (Å²) in [7, 11) is 0. The first-order valence-electron chi connectivity index (χ1n) is 8.54. The number of halogens is 1. The van der Waals surface area contributed by atoms with Gasteiger partial charge in [-0.15, -0.1) is 5.10 Å². The second-order valence-electron chi connectivity index (χ2n) is 6.63. The van der Waals surface area contributed by atoms with Gasteiger partial charge >= 0.3 is 0 Å². The average Bonchev–Trinajstić information content (AvgIpc) is 3.27. The number of aryl methyl sites for hydroxylation is 2. The molecular weight excluding hydrogens is 335 g/mol. The standard InChI is InChI=1S/C18H19FN6O/c1-11-9-20-24(10-13-3-4-13)17(11)22-18(26)16-21-12(2)25(23-16)15-7-5-14(19)6-8-15/h5-9,13H,3-4,10H2,1-2H3,(H,22,26). The molecule has 134 valence electrons. The highest BCUT2D eigenvalue weighted by Gasteiger charge is 2.25. The van der Waals surface area contributed by atoms with Gasteiger partial charge in [0, 0.05) is 12.1 Å². The fraction of sp³-hybridized carbons (Fsp3) is 0.333. The Morgan fingerprint density at radius 1 is 1.27 bits per heavy atom. The lowest BCUT2D eigenvalue weighted by Crippen LogP contribution is -2.18. The third-order valence-electron chi connectivity index (χ3n) is 4.43. The van der Waals surface area contributed by atoms with Gasteiger partial charge in [0.05, 0.1) is 11.9 Å². The van der Waals surface area contributed by atoms with Crippen LogP contribution >= 0.6 is 0 Å². The van der Waals surface area contributed by atoms with Crippen LogP contribution in [0.25, 0.3) is 5.69 Å². The van der Waals surface area contributed by atoms with Crippen LogP contribution in [0.4, 0.5) is 10.2 Å². The molecule has 1 aliphatic carbocycles. The summed E-state index contributed by atoms with van der Waals surface area (Å²) in [6.07, 6.45) is 4.15. The van der Waals surface area contributed by atoms with E-state index in [1.54, 1.807) is 25.3 Å². The average molecular weight is 354 g/mol. The van der Waals surface area contributed by atoms with Crippen molar-refractivity contribution in [3.05, 3.63) is 53.5 Å². The number of rotatable bonds is 5. The summed E-state index contributed by atoms with van der Waals surface area (Å²) >= 11 is 0. The van der Waals surface area contributed by atoms with Crippen LogP contribution in [0, 0.1) is 25.6 Å². The molecule has 3 aromatic rings. The van der Waals surface area contributed by atoms with E-state index in [1.165, 1.54) is 29.7 Å². The maximum absolute atomic E-state index is 13.1. The fourth-order valence-electron chi connectivity index (χ4n) is 2.80. The molecule has 0 radical (unpaired) electrons. The van der Waals surface area contributed by atoms with Crippen LogP contribution in [0.2, 0.25) is 0 Å². The summed E-state index contributed by atoms with van der Waals surface area (Å²) < 4.78 is 16.4. The highest BCUT2D eigenvalue weighted by atomic mass is 19.1. The summed E-state index contributed by atoms with van der Waals surface area (Å²) in [6.45, 7) is 4.46. The monoisotopic (exact) mass is 354 g/mol. The van der Waals surface area contributed by atoms with Crippen LogP contribution < -0.4 is 5.32 Å². The zero-order chi connectivity index (χ0) is 18.3. The van der Waals surface area contributed by atoms with Crippen molar-refractivity contribution in [2.75, 3.05) is 5.32 Å². The molecule has 2 aromatic heterocycles. The van der Waals surface area contributed by atoms with E-state index in [2.05, 4.69) is 20.5 Å². The van der Waals surface area contributed by atoms with Gasteiger partial charge in [-0.1, -0.05) is 0 Å². The summed E-state index contributed by atoms with van der Waals surface area (Å²) in [6, 6.07) is 5.87. The van der Waals surface area contributed by atoms with Gasteiger partial charge in [-0.25, -0.2) is 18.7 Å². The minimum absolute atomic E-state index is 0.0606. The number of hydrogen-bond donors (Lipinski definition) is 1. The lowest BCUT2D eigenvalue weighted by atomic mass is 10.3. The van der Waals surface area contributed by atoms with E-state index in [-0.39, 0.29) is 11.6 Å². The normalized spacial score (nSPS) is 13.8. The van der Waals surface area contributed by atoms with Crippen LogP contribution in [0.5, 0.6) is 0 Å². The molecule has 1 aromatic carbocycles. The Morgan fingerprint density at radius 2 is 2.00 bits per heavy atom. The SMILES string of the molecule is Cc1cnn(CC2CC2)c1NC(=O)c1nc(C)n(-c2ccc(F)cc2)n1. The molecule has 0 aliphatic heterocycles. The van der Waals surface area contributed by atoms with Gasteiger partial charge in [-0.3, -0.25) is 4.79 Å². The molecule has 1 amide bonds. The Balaban J connectivity index is 1.57. The molecule has 0 atom stereocenters. The Hall–Kier alpha value is -3.03. The van der Waals surface area contributed by atoms with Crippen LogP contribution in [-0.4, -0.2) is 30.5 Å². The van der Waals surface area contributed by atoms with Gasteiger partial charge in [0.1, 0.15) is 17.5 Å². The molecule has 0 spiro atoms. The molecule has 1 fully saturated rings. The van der Waals surface area contributed by atoms with Gasteiger partial charge in [0.15, 0.2) is 0 Å². The third kappa shape index (κ3) is 3.22. The molecule has 26 heavy (non-hydrogen) atoms. The molecule has 0 unspecified atom stereocenters. The maximum atomic E-state index is 13.1. The number of hydrogen-bond acceptors (Lipinski definition) is 4. The summed E-state index contributed by atoms with van der Waals surface area (Å²) in [5, 5.41) is 11.5. The van der Waals surface area contributed by atoms with Crippen molar-refractivity contribution in [2.45, 2.75) is 33.2 Å². The van der Waals surface area contributed by atoms with Crippen molar-refractivity contribution < 1.29 is 9.18 Å². The molecule has 4 rings (SSSR count). The molecule has 8 heteroatoms. The first kappa shape index (κ1) is 16.4. The van der Waals surface area contributed by atoms with Crippen LogP contribution in [-0.2, 0) is 6.54 Å². The number of aromatic nitrogens is 5. The molecule has 1 N–H and O–H groups in total. The molecule has 2 heterocycles. The lowest BCUT2D eigenvalue weighted by molar-refractivity contribution is 0.101. The molecular formula is C18H19FN6O. The van der Waals surface area contributed by atoms with Crippen molar-refractivity contribution >= 4 is 11.7 Å². The lowest BCUT2D eigenvalue weighted by Gasteiger charge is -2.08. The van der Waals surface area contributed by atoms with E-state index in [1.807, 2.05) is 11.6 Å². The van der Waals surface area contributed by atoms with E-state index in [4.69, 9.17) is 0 Å². The summed E-state index contributed by atoms with van der Waals surface area (Å²) in [5.74, 6) is 1.20. The van der Waals surface area contributed by atoms with Gasteiger partial charge in [-0.05, 0) is 56.9 Å². The van der Waals surface area contributed by atoms with Crippen molar-refractivity contribution in [1.29, 1.82) is 0 Å². The smallest absolute Gasteiger partial charge is 0.296 e. The molecule has 1 aliphatic rings. The largest absolute Gasteiger partial charge is 0.304 e. The predicted molar refractivity (Wildman–Crippen MR) is 93.7 cm³/mol. The van der Waals surface area contributed by atoms with Crippen molar-refractivity contribution in [3.8, 4) is 5.69 Å². The van der Waals surface area contributed by atoms with Crippen LogP contribution in [0.3, 0.4) is 0 Å². The summed E-state index contributed by atoms with van der Waals surface area (Å²) in [5.41, 5.74) is 1.54. The second-order valence-corrected chi connectivity index (χ2v) is 6.63. The highest BCUT2D eigenvalue weighted by Crippen LogP contribution is 2.32. The fourth-order valence-corrected chi connectivity index (χ4v) is 2.80. The Kier molecular flexibility index (Phi) is 4.02. The third-order valence-corrected chi connectivity index (χ3v) is 4.43. The van der Waals surface area contributed by atoms with Crippen molar-refractivity contribution in [2.24, 2.45) is 5.92 Å². The molecule has 0 bridgehead atoms. The number of benzene rings is 1. The Labute approximate surface area is 149 Å². The quantitative estimate of drug-likeness (QED) is 0.764. The Morgan fingerprint density at radius 3 is 2.69 bits per heavy atom. The zero-order valence-corrected chi connectivity index (χ0v) is 14.6. The van der Waals surface area contributed by atoms with E-state index in [0.717, 1.165) is 12.1 Å². The predicted octanol–water partition coefficient (Wildman–Crippen LogP) is 2.88. The minimum Gasteiger partial charge on any atom is -0.304 e. The minimum atomic E-state index is -0.394. The van der Waals surface area contributed by atoms with E-state index in [0.29, 0.717) is 23.2 Å². The molecule has 7 nitrogen and oxygen atoms in total. The number of nitrogens with one attached hydrogen (secondary N) is 1. The first-order chi connectivity index (χ1) is 12.5. The summed E-state index contributed by atoms with van der Waals surface area (Å²) in [4.78, 5) is 16.9. The van der Waals surface area contributed by atoms with Crippen molar-refractivity contribution in [1.82, 2.24) is 24.5 Å². The second kappa shape index (κ2) is 6.36. The number of carbonyl (C=O) groups is 1. The van der Waals surface area contributed by atoms with Crippen LogP contribution in [0.15, 0.2) is 30.5 Å². The maximum Gasteiger partial charge on any atom is 0.296 e. The van der Waals surface area contributed by atoms with Gasteiger partial charge in [0.2, 0.25) is 5.82 Å². The van der Waals surface area contributed by atoms with Crippen molar-refractivity contribution in [3.63, 3.8) is 0 Å². The number of carbonyl (C=O) groups excluding carboxylic acids is 1. The van der Waals surface area contributed by atoms with E-state index >= 15 is 0 Å².